The number of benzene rings is 1. The zero-order valence-electron chi connectivity index (χ0n) is 12.8. The number of carboxylic acids is 1. The van der Waals surface area contributed by atoms with Gasteiger partial charge in [0.2, 0.25) is 0 Å². The van der Waals surface area contributed by atoms with Gasteiger partial charge in [0.25, 0.3) is 11.8 Å². The van der Waals surface area contributed by atoms with Gasteiger partial charge in [-0.1, -0.05) is 0 Å². The lowest BCUT2D eigenvalue weighted by Crippen LogP contribution is -2.48. The molecule has 2 amide bonds. The van der Waals surface area contributed by atoms with Crippen molar-refractivity contribution in [3.63, 3.8) is 0 Å². The van der Waals surface area contributed by atoms with E-state index in [1.165, 1.54) is 0 Å². The number of nitrogens with one attached hydrogen (secondary N) is 1. The molecule has 23 heavy (non-hydrogen) atoms. The standard InChI is InChI=1S/C16H18N2O5/c1-16(15(21)22)5-2-6-18(9-16)14(20)10-3-4-12-11(7-10)17-13(19)8-23-12/h3-4,7H,2,5-6,8-9H2,1H3,(H,17,19)(H,21,22). The minimum Gasteiger partial charge on any atom is -0.482 e. The molecule has 2 heterocycles. The minimum absolute atomic E-state index is 0.0383. The SMILES string of the molecule is CC1(C(=O)O)CCCN(C(=O)c2ccc3c(c2)NC(=O)CO3)C1. The number of likely N-dealkylation sites (tertiary alicyclic amines) is 1. The third kappa shape index (κ3) is 2.86. The van der Waals surface area contributed by atoms with E-state index in [1.54, 1.807) is 30.0 Å². The molecule has 1 unspecified atom stereocenters. The maximum atomic E-state index is 12.7. The zero-order chi connectivity index (χ0) is 16.6. The Morgan fingerprint density at radius 2 is 2.17 bits per heavy atom. The van der Waals surface area contributed by atoms with Crippen LogP contribution in [0, 0.1) is 5.41 Å². The van der Waals surface area contributed by atoms with E-state index in [4.69, 9.17) is 4.74 Å². The van der Waals surface area contributed by atoms with Crippen molar-refractivity contribution < 1.29 is 24.2 Å². The number of anilines is 1. The van der Waals surface area contributed by atoms with Gasteiger partial charge in [0.05, 0.1) is 11.1 Å². The summed E-state index contributed by atoms with van der Waals surface area (Å²) in [6.07, 6.45) is 1.21. The number of carboxylic acid groups (broad SMARTS) is 1. The number of piperidine rings is 1. The van der Waals surface area contributed by atoms with E-state index < -0.39 is 11.4 Å². The number of fused-ring (bicyclic) bond motifs is 1. The molecule has 2 aliphatic heterocycles. The van der Waals surface area contributed by atoms with Crippen LogP contribution in [-0.2, 0) is 9.59 Å². The smallest absolute Gasteiger partial charge is 0.311 e. The molecule has 0 saturated carbocycles. The number of ether oxygens (including phenoxy) is 1. The summed E-state index contributed by atoms with van der Waals surface area (Å²) in [6.45, 7) is 2.34. The molecule has 7 heteroatoms. The Labute approximate surface area is 133 Å². The van der Waals surface area contributed by atoms with Gasteiger partial charge in [-0.15, -0.1) is 0 Å². The number of rotatable bonds is 2. The maximum absolute atomic E-state index is 12.7. The second-order valence-corrected chi connectivity index (χ2v) is 6.24. The number of amides is 2. The van der Waals surface area contributed by atoms with Crippen molar-refractivity contribution in [1.82, 2.24) is 4.90 Å². The highest BCUT2D eigenvalue weighted by atomic mass is 16.5. The Morgan fingerprint density at radius 3 is 2.91 bits per heavy atom. The van der Waals surface area contributed by atoms with E-state index in [0.29, 0.717) is 36.4 Å². The highest BCUT2D eigenvalue weighted by molar-refractivity contribution is 6.00. The van der Waals surface area contributed by atoms with Crippen LogP contribution in [0.4, 0.5) is 5.69 Å². The number of aliphatic carboxylic acids is 1. The molecule has 1 atom stereocenters. The monoisotopic (exact) mass is 318 g/mol. The molecular weight excluding hydrogens is 300 g/mol. The van der Waals surface area contributed by atoms with E-state index in [-0.39, 0.29) is 25.0 Å². The van der Waals surface area contributed by atoms with Crippen LogP contribution in [0.5, 0.6) is 5.75 Å². The predicted molar refractivity (Wildman–Crippen MR) is 81.4 cm³/mol. The molecule has 1 fully saturated rings. The average Bonchev–Trinajstić information content (AvgIpc) is 2.53. The van der Waals surface area contributed by atoms with Crippen molar-refractivity contribution in [2.45, 2.75) is 19.8 Å². The quantitative estimate of drug-likeness (QED) is 0.858. The van der Waals surface area contributed by atoms with Crippen LogP contribution >= 0.6 is 0 Å². The first-order valence-corrected chi connectivity index (χ1v) is 7.48. The molecule has 3 rings (SSSR count). The van der Waals surface area contributed by atoms with Crippen LogP contribution in [0.3, 0.4) is 0 Å². The molecule has 0 spiro atoms. The Bertz CT molecular complexity index is 687. The lowest BCUT2D eigenvalue weighted by molar-refractivity contribution is -0.150. The lowest BCUT2D eigenvalue weighted by atomic mass is 9.82. The number of hydrogen-bond donors (Lipinski definition) is 2. The number of hydrogen-bond acceptors (Lipinski definition) is 4. The van der Waals surface area contributed by atoms with Gasteiger partial charge < -0.3 is 20.1 Å². The first-order valence-electron chi connectivity index (χ1n) is 7.48. The van der Waals surface area contributed by atoms with Crippen LogP contribution in [0.25, 0.3) is 0 Å². The second-order valence-electron chi connectivity index (χ2n) is 6.24. The molecule has 0 aromatic heterocycles. The average molecular weight is 318 g/mol. The van der Waals surface area contributed by atoms with E-state index >= 15 is 0 Å². The lowest BCUT2D eigenvalue weighted by Gasteiger charge is -2.37. The molecular formula is C16H18N2O5. The van der Waals surface area contributed by atoms with Gasteiger partial charge >= 0.3 is 5.97 Å². The van der Waals surface area contributed by atoms with Gasteiger partial charge in [0.1, 0.15) is 5.75 Å². The molecule has 0 radical (unpaired) electrons. The van der Waals surface area contributed by atoms with E-state index in [9.17, 15) is 19.5 Å². The van der Waals surface area contributed by atoms with Gasteiger partial charge in [0, 0.05) is 18.7 Å². The second kappa shape index (κ2) is 5.57. The highest BCUT2D eigenvalue weighted by Crippen LogP contribution is 2.32. The molecule has 2 N–H and O–H groups in total. The first-order chi connectivity index (χ1) is 10.9. The molecule has 122 valence electrons. The van der Waals surface area contributed by atoms with Gasteiger partial charge in [-0.05, 0) is 38.0 Å². The third-order valence-corrected chi connectivity index (χ3v) is 4.36. The van der Waals surface area contributed by atoms with Crippen molar-refractivity contribution in [3.05, 3.63) is 23.8 Å². The highest BCUT2D eigenvalue weighted by Gasteiger charge is 2.39. The van der Waals surface area contributed by atoms with Crippen LogP contribution in [0.15, 0.2) is 18.2 Å². The van der Waals surface area contributed by atoms with E-state index in [1.807, 2.05) is 0 Å². The Kier molecular flexibility index (Phi) is 3.71. The van der Waals surface area contributed by atoms with Crippen LogP contribution in [0.1, 0.15) is 30.1 Å². The summed E-state index contributed by atoms with van der Waals surface area (Å²) in [6, 6.07) is 4.84. The maximum Gasteiger partial charge on any atom is 0.311 e. The van der Waals surface area contributed by atoms with Crippen molar-refractivity contribution in [2.75, 3.05) is 25.0 Å². The number of carbonyl (C=O) groups excluding carboxylic acids is 2. The fraction of sp³-hybridized carbons (Fsp3) is 0.438. The summed E-state index contributed by atoms with van der Waals surface area (Å²) in [5, 5.41) is 12.0. The molecule has 1 aromatic carbocycles. The fourth-order valence-electron chi connectivity index (χ4n) is 2.99. The van der Waals surface area contributed by atoms with Gasteiger partial charge in [-0.25, -0.2) is 0 Å². The Hall–Kier alpha value is -2.57. The van der Waals surface area contributed by atoms with Gasteiger partial charge in [0.15, 0.2) is 6.61 Å². The summed E-state index contributed by atoms with van der Waals surface area (Å²) >= 11 is 0. The summed E-state index contributed by atoms with van der Waals surface area (Å²) < 4.78 is 5.27. The zero-order valence-corrected chi connectivity index (χ0v) is 12.8. The number of nitrogens with zero attached hydrogens (tertiary/aromatic N) is 1. The van der Waals surface area contributed by atoms with Crippen molar-refractivity contribution in [3.8, 4) is 5.75 Å². The largest absolute Gasteiger partial charge is 0.482 e. The summed E-state index contributed by atoms with van der Waals surface area (Å²) in [7, 11) is 0. The minimum atomic E-state index is -0.917. The van der Waals surface area contributed by atoms with Crippen molar-refractivity contribution in [1.29, 1.82) is 0 Å². The molecule has 0 bridgehead atoms. The van der Waals surface area contributed by atoms with Gasteiger partial charge in [-0.2, -0.15) is 0 Å². The summed E-state index contributed by atoms with van der Waals surface area (Å²) in [5.74, 6) is -0.866. The van der Waals surface area contributed by atoms with Gasteiger partial charge in [-0.3, -0.25) is 14.4 Å². The number of carbonyl (C=O) groups is 3. The fourth-order valence-corrected chi connectivity index (χ4v) is 2.99. The topological polar surface area (TPSA) is 95.9 Å². The molecule has 7 nitrogen and oxygen atoms in total. The van der Waals surface area contributed by atoms with Crippen LogP contribution in [0.2, 0.25) is 0 Å². The van der Waals surface area contributed by atoms with E-state index in [0.717, 1.165) is 0 Å². The van der Waals surface area contributed by atoms with Crippen molar-refractivity contribution in [2.24, 2.45) is 5.41 Å². The van der Waals surface area contributed by atoms with Crippen molar-refractivity contribution >= 4 is 23.5 Å². The Balaban J connectivity index is 1.82. The third-order valence-electron chi connectivity index (χ3n) is 4.36. The van der Waals surface area contributed by atoms with E-state index in [2.05, 4.69) is 5.32 Å². The molecule has 0 aliphatic carbocycles. The Morgan fingerprint density at radius 1 is 1.39 bits per heavy atom. The van der Waals surface area contributed by atoms with Crippen LogP contribution in [-0.4, -0.2) is 47.5 Å². The predicted octanol–water partition coefficient (Wildman–Crippen LogP) is 1.34. The molecule has 1 saturated heterocycles. The molecule has 1 aromatic rings. The molecule has 2 aliphatic rings. The normalized spacial score (nSPS) is 23.5. The summed E-state index contributed by atoms with van der Waals surface area (Å²) in [4.78, 5) is 37.0. The van der Waals surface area contributed by atoms with Crippen LogP contribution < -0.4 is 10.1 Å². The first kappa shape index (κ1) is 15.3. The summed E-state index contributed by atoms with van der Waals surface area (Å²) in [5.41, 5.74) is -0.0475.